The summed E-state index contributed by atoms with van der Waals surface area (Å²) in [6, 6.07) is 10.9. The molecule has 0 saturated carbocycles. The van der Waals surface area contributed by atoms with Gasteiger partial charge in [-0.25, -0.2) is 0 Å². The van der Waals surface area contributed by atoms with E-state index in [2.05, 4.69) is 4.98 Å². The molecular formula is C19H20N2O4. The molecule has 1 amide bonds. The van der Waals surface area contributed by atoms with E-state index in [9.17, 15) is 9.59 Å². The van der Waals surface area contributed by atoms with Crippen LogP contribution in [0.1, 0.15) is 25.2 Å². The fourth-order valence-corrected chi connectivity index (χ4v) is 2.68. The number of hydrogen-bond donors (Lipinski definition) is 1. The van der Waals surface area contributed by atoms with E-state index in [1.807, 2.05) is 25.1 Å². The van der Waals surface area contributed by atoms with Crippen LogP contribution in [-0.2, 0) is 17.9 Å². The summed E-state index contributed by atoms with van der Waals surface area (Å²) in [5, 5.41) is 0.863. The number of hydrogen-bond acceptors (Lipinski definition) is 4. The number of carbonyl (C=O) groups excluding carboxylic acids is 1. The molecule has 0 unspecified atom stereocenters. The van der Waals surface area contributed by atoms with E-state index in [-0.39, 0.29) is 18.0 Å². The molecule has 0 saturated heterocycles. The van der Waals surface area contributed by atoms with Crippen molar-refractivity contribution >= 4 is 16.8 Å². The van der Waals surface area contributed by atoms with Gasteiger partial charge in [0, 0.05) is 23.4 Å². The zero-order valence-corrected chi connectivity index (χ0v) is 14.2. The van der Waals surface area contributed by atoms with Gasteiger partial charge in [-0.2, -0.15) is 0 Å². The number of rotatable bonds is 6. The van der Waals surface area contributed by atoms with Gasteiger partial charge in [0.1, 0.15) is 11.5 Å². The van der Waals surface area contributed by atoms with Gasteiger partial charge in [0.15, 0.2) is 0 Å². The SMILES string of the molecule is CCOc1ccc2[nH]c(=O)c(CN(Cc3ccco3)C(C)=O)cc2c1. The minimum Gasteiger partial charge on any atom is -0.494 e. The van der Waals surface area contributed by atoms with Crippen LogP contribution >= 0.6 is 0 Å². The lowest BCUT2D eigenvalue weighted by atomic mass is 10.1. The molecule has 2 aromatic heterocycles. The second kappa shape index (κ2) is 7.25. The zero-order valence-electron chi connectivity index (χ0n) is 14.2. The summed E-state index contributed by atoms with van der Waals surface area (Å²) < 4.78 is 10.8. The molecule has 0 atom stereocenters. The Kier molecular flexibility index (Phi) is 4.88. The summed E-state index contributed by atoms with van der Waals surface area (Å²) in [6.07, 6.45) is 1.56. The van der Waals surface area contributed by atoms with E-state index in [0.717, 1.165) is 16.7 Å². The number of furan rings is 1. The van der Waals surface area contributed by atoms with Crippen molar-refractivity contribution in [3.63, 3.8) is 0 Å². The topological polar surface area (TPSA) is 75.5 Å². The second-order valence-electron chi connectivity index (χ2n) is 5.76. The van der Waals surface area contributed by atoms with Crippen molar-refractivity contribution in [2.24, 2.45) is 0 Å². The highest BCUT2D eigenvalue weighted by molar-refractivity contribution is 5.80. The Balaban J connectivity index is 1.91. The number of fused-ring (bicyclic) bond motifs is 1. The molecule has 0 aliphatic carbocycles. The van der Waals surface area contributed by atoms with E-state index in [1.165, 1.54) is 6.92 Å². The molecule has 1 aromatic carbocycles. The molecule has 0 bridgehead atoms. The summed E-state index contributed by atoms with van der Waals surface area (Å²) in [6.45, 7) is 4.50. The van der Waals surface area contributed by atoms with Crippen molar-refractivity contribution in [3.8, 4) is 5.75 Å². The van der Waals surface area contributed by atoms with E-state index in [4.69, 9.17) is 9.15 Å². The highest BCUT2D eigenvalue weighted by atomic mass is 16.5. The first kappa shape index (κ1) is 16.8. The van der Waals surface area contributed by atoms with E-state index >= 15 is 0 Å². The number of aromatic amines is 1. The van der Waals surface area contributed by atoms with Gasteiger partial charge in [0.2, 0.25) is 5.91 Å². The predicted octanol–water partition coefficient (Wildman–Crippen LogP) is 3.07. The Morgan fingerprint density at radius 1 is 1.24 bits per heavy atom. The molecule has 6 nitrogen and oxygen atoms in total. The summed E-state index contributed by atoms with van der Waals surface area (Å²) in [5.74, 6) is 1.29. The molecule has 0 aliphatic rings. The summed E-state index contributed by atoms with van der Waals surface area (Å²) in [7, 11) is 0. The third-order valence-electron chi connectivity index (χ3n) is 3.94. The van der Waals surface area contributed by atoms with E-state index in [1.54, 1.807) is 29.4 Å². The van der Waals surface area contributed by atoms with Crippen LogP contribution in [0, 0.1) is 0 Å². The number of benzene rings is 1. The smallest absolute Gasteiger partial charge is 0.253 e. The molecule has 0 aliphatic heterocycles. The highest BCUT2D eigenvalue weighted by Crippen LogP contribution is 2.20. The van der Waals surface area contributed by atoms with E-state index in [0.29, 0.717) is 24.5 Å². The Morgan fingerprint density at radius 3 is 2.76 bits per heavy atom. The van der Waals surface area contributed by atoms with Crippen molar-refractivity contribution in [3.05, 3.63) is 64.3 Å². The molecule has 0 fully saturated rings. The molecule has 130 valence electrons. The van der Waals surface area contributed by atoms with Gasteiger partial charge in [0.05, 0.1) is 26.0 Å². The highest BCUT2D eigenvalue weighted by Gasteiger charge is 2.14. The second-order valence-corrected chi connectivity index (χ2v) is 5.76. The fraction of sp³-hybridized carbons (Fsp3) is 0.263. The number of nitrogens with one attached hydrogen (secondary N) is 1. The number of carbonyl (C=O) groups is 1. The molecule has 0 spiro atoms. The normalized spacial score (nSPS) is 10.8. The third kappa shape index (κ3) is 3.91. The standard InChI is InChI=1S/C19H20N2O4/c1-3-24-16-6-7-18-14(10-16)9-15(19(23)20-18)11-21(13(2)22)12-17-5-4-8-25-17/h4-10H,3,11-12H2,1-2H3,(H,20,23). The predicted molar refractivity (Wildman–Crippen MR) is 94.4 cm³/mol. The van der Waals surface area contributed by atoms with Gasteiger partial charge < -0.3 is 19.0 Å². The van der Waals surface area contributed by atoms with Crippen LogP contribution < -0.4 is 10.3 Å². The zero-order chi connectivity index (χ0) is 17.8. The first-order chi connectivity index (χ1) is 12.1. The number of pyridine rings is 1. The number of aromatic nitrogens is 1. The maximum Gasteiger partial charge on any atom is 0.253 e. The van der Waals surface area contributed by atoms with Gasteiger partial charge in [-0.3, -0.25) is 9.59 Å². The molecule has 0 radical (unpaired) electrons. The van der Waals surface area contributed by atoms with Crippen molar-refractivity contribution in [1.29, 1.82) is 0 Å². The summed E-state index contributed by atoms with van der Waals surface area (Å²) >= 11 is 0. The van der Waals surface area contributed by atoms with Crippen LogP contribution in [0.15, 0.2) is 51.9 Å². The van der Waals surface area contributed by atoms with Crippen LogP contribution in [-0.4, -0.2) is 22.4 Å². The summed E-state index contributed by atoms with van der Waals surface area (Å²) in [5.41, 5.74) is 1.04. The third-order valence-corrected chi connectivity index (χ3v) is 3.94. The Bertz CT molecular complexity index is 928. The molecule has 25 heavy (non-hydrogen) atoms. The average molecular weight is 340 g/mol. The minimum atomic E-state index is -0.206. The quantitative estimate of drug-likeness (QED) is 0.748. The molecule has 6 heteroatoms. The van der Waals surface area contributed by atoms with Crippen molar-refractivity contribution in [2.75, 3.05) is 6.61 Å². The monoisotopic (exact) mass is 340 g/mol. The van der Waals surface area contributed by atoms with Gasteiger partial charge in [0.25, 0.3) is 5.56 Å². The number of nitrogens with zero attached hydrogens (tertiary/aromatic N) is 1. The lowest BCUT2D eigenvalue weighted by Crippen LogP contribution is -2.30. The number of amides is 1. The maximum atomic E-state index is 12.4. The lowest BCUT2D eigenvalue weighted by molar-refractivity contribution is -0.130. The molecule has 3 rings (SSSR count). The molecular weight excluding hydrogens is 320 g/mol. The molecule has 1 N–H and O–H groups in total. The Morgan fingerprint density at radius 2 is 2.08 bits per heavy atom. The molecule has 2 heterocycles. The van der Waals surface area contributed by atoms with Gasteiger partial charge in [-0.1, -0.05) is 0 Å². The number of H-pyrrole nitrogens is 1. The van der Waals surface area contributed by atoms with E-state index < -0.39 is 0 Å². The average Bonchev–Trinajstić information content (AvgIpc) is 3.08. The maximum absolute atomic E-state index is 12.4. The van der Waals surface area contributed by atoms with Crippen LogP contribution in [0.4, 0.5) is 0 Å². The van der Waals surface area contributed by atoms with Crippen molar-refractivity contribution in [1.82, 2.24) is 9.88 Å². The van der Waals surface area contributed by atoms with Crippen LogP contribution in [0.5, 0.6) is 5.75 Å². The Hall–Kier alpha value is -3.02. The van der Waals surface area contributed by atoms with Gasteiger partial charge in [-0.05, 0) is 43.3 Å². The fourth-order valence-electron chi connectivity index (χ4n) is 2.68. The first-order valence-electron chi connectivity index (χ1n) is 8.13. The summed E-state index contributed by atoms with van der Waals surface area (Å²) in [4.78, 5) is 28.7. The minimum absolute atomic E-state index is 0.126. The van der Waals surface area contributed by atoms with Gasteiger partial charge in [-0.15, -0.1) is 0 Å². The van der Waals surface area contributed by atoms with Crippen LogP contribution in [0.25, 0.3) is 10.9 Å². The van der Waals surface area contributed by atoms with Crippen molar-refractivity contribution < 1.29 is 13.9 Å². The first-order valence-corrected chi connectivity index (χ1v) is 8.13. The van der Waals surface area contributed by atoms with Gasteiger partial charge >= 0.3 is 0 Å². The van der Waals surface area contributed by atoms with Crippen LogP contribution in [0.2, 0.25) is 0 Å². The lowest BCUT2D eigenvalue weighted by Gasteiger charge is -2.19. The van der Waals surface area contributed by atoms with Crippen molar-refractivity contribution in [2.45, 2.75) is 26.9 Å². The Labute approximate surface area is 145 Å². The van der Waals surface area contributed by atoms with Crippen LogP contribution in [0.3, 0.4) is 0 Å². The number of ether oxygens (including phenoxy) is 1. The largest absolute Gasteiger partial charge is 0.494 e. The molecule has 3 aromatic rings.